The molecule has 0 amide bonds. The summed E-state index contributed by atoms with van der Waals surface area (Å²) in [6.45, 7) is 2.37. The fraction of sp³-hybridized carbons (Fsp3) is 0.571. The first-order valence-corrected chi connectivity index (χ1v) is 6.34. The third kappa shape index (κ3) is 0.783. The zero-order valence-corrected chi connectivity index (χ0v) is 9.77. The van der Waals surface area contributed by atoms with Gasteiger partial charge in [-0.1, -0.05) is 6.08 Å². The minimum Gasteiger partial charge on any atom is -0.398 e. The highest BCUT2D eigenvalue weighted by Crippen LogP contribution is 2.66. The normalized spacial score (nSPS) is 37.8. The average molecular weight is 214 g/mol. The van der Waals surface area contributed by atoms with E-state index in [0.29, 0.717) is 5.41 Å². The maximum Gasteiger partial charge on any atom is 0.0636 e. The molecule has 3 N–H and O–H groups in total. The quantitative estimate of drug-likeness (QED) is 0.649. The minimum atomic E-state index is 0.157. The van der Waals surface area contributed by atoms with Gasteiger partial charge in [0.05, 0.1) is 5.54 Å². The van der Waals surface area contributed by atoms with Gasteiger partial charge in [-0.25, -0.2) is 0 Å². The molecule has 1 aliphatic heterocycles. The summed E-state index contributed by atoms with van der Waals surface area (Å²) in [7, 11) is 0. The Morgan fingerprint density at radius 1 is 1.31 bits per heavy atom. The maximum atomic E-state index is 6.38. The number of dihydropyridines is 1. The van der Waals surface area contributed by atoms with Crippen molar-refractivity contribution in [2.24, 2.45) is 11.1 Å². The van der Waals surface area contributed by atoms with Crippen LogP contribution in [0.3, 0.4) is 0 Å². The van der Waals surface area contributed by atoms with Crippen LogP contribution in [0.4, 0.5) is 0 Å². The van der Waals surface area contributed by atoms with Crippen molar-refractivity contribution in [3.63, 3.8) is 0 Å². The van der Waals surface area contributed by atoms with E-state index in [1.165, 1.54) is 42.5 Å². The van der Waals surface area contributed by atoms with Gasteiger partial charge in [0.2, 0.25) is 0 Å². The lowest BCUT2D eigenvalue weighted by Gasteiger charge is -2.40. The number of nitrogens with one attached hydrogen (secondary N) is 1. The SMILES string of the molecule is C[C@]12NC3=C(CC=C3)C(N)=C1CCC21CC1. The van der Waals surface area contributed by atoms with Crippen molar-refractivity contribution >= 4 is 0 Å². The third-order valence-electron chi connectivity index (χ3n) is 5.34. The number of hydrogen-bond acceptors (Lipinski definition) is 2. The molecule has 2 nitrogen and oxygen atoms in total. The van der Waals surface area contributed by atoms with Crippen LogP contribution >= 0.6 is 0 Å². The highest BCUT2D eigenvalue weighted by molar-refractivity contribution is 5.55. The minimum absolute atomic E-state index is 0.157. The predicted octanol–water partition coefficient (Wildman–Crippen LogP) is 2.35. The van der Waals surface area contributed by atoms with Crippen LogP contribution in [-0.4, -0.2) is 5.54 Å². The van der Waals surface area contributed by atoms with E-state index in [2.05, 4.69) is 24.4 Å². The molecule has 4 aliphatic rings. The molecule has 2 saturated carbocycles. The van der Waals surface area contributed by atoms with Gasteiger partial charge in [-0.05, 0) is 56.1 Å². The van der Waals surface area contributed by atoms with E-state index >= 15 is 0 Å². The van der Waals surface area contributed by atoms with E-state index in [4.69, 9.17) is 5.73 Å². The third-order valence-corrected chi connectivity index (χ3v) is 5.34. The van der Waals surface area contributed by atoms with Gasteiger partial charge in [-0.2, -0.15) is 0 Å². The zero-order valence-electron chi connectivity index (χ0n) is 9.77. The molecule has 3 aliphatic carbocycles. The molecule has 4 rings (SSSR count). The van der Waals surface area contributed by atoms with Gasteiger partial charge in [0, 0.05) is 17.0 Å². The van der Waals surface area contributed by atoms with Gasteiger partial charge >= 0.3 is 0 Å². The van der Waals surface area contributed by atoms with Crippen molar-refractivity contribution in [1.82, 2.24) is 5.32 Å². The van der Waals surface area contributed by atoms with E-state index in [-0.39, 0.29) is 5.54 Å². The Balaban J connectivity index is 1.90. The van der Waals surface area contributed by atoms with Crippen LogP contribution in [0.2, 0.25) is 0 Å². The lowest BCUT2D eigenvalue weighted by Crippen LogP contribution is -2.50. The molecule has 1 heterocycles. The van der Waals surface area contributed by atoms with Crippen LogP contribution in [0.15, 0.2) is 34.7 Å². The summed E-state index contributed by atoms with van der Waals surface area (Å²) in [5, 5.41) is 3.79. The molecule has 0 aromatic carbocycles. The first-order valence-electron chi connectivity index (χ1n) is 6.34. The lowest BCUT2D eigenvalue weighted by molar-refractivity contribution is 0.304. The predicted molar refractivity (Wildman–Crippen MR) is 64.4 cm³/mol. The van der Waals surface area contributed by atoms with Crippen molar-refractivity contribution in [2.45, 2.75) is 44.6 Å². The number of rotatable bonds is 0. The van der Waals surface area contributed by atoms with Crippen LogP contribution in [0.1, 0.15) is 39.0 Å². The fourth-order valence-electron chi connectivity index (χ4n) is 4.03. The molecule has 0 aromatic heterocycles. The van der Waals surface area contributed by atoms with Crippen molar-refractivity contribution in [2.75, 3.05) is 0 Å². The van der Waals surface area contributed by atoms with Gasteiger partial charge in [0.15, 0.2) is 0 Å². The Hall–Kier alpha value is -1.18. The van der Waals surface area contributed by atoms with Crippen molar-refractivity contribution < 1.29 is 0 Å². The number of nitrogens with two attached hydrogens (primary N) is 1. The second kappa shape index (κ2) is 2.39. The summed E-state index contributed by atoms with van der Waals surface area (Å²) in [4.78, 5) is 0. The Morgan fingerprint density at radius 2 is 2.12 bits per heavy atom. The molecule has 1 atom stereocenters. The molecule has 1 spiro atoms. The maximum absolute atomic E-state index is 6.38. The molecule has 0 saturated heterocycles. The lowest BCUT2D eigenvalue weighted by atomic mass is 9.79. The molecular formula is C14H18N2. The standard InChI is InChI=1S/C14H18N2/c1-13-10(5-6-14(13)7-8-14)12(15)9-3-2-4-11(9)16-13/h2,4,16H,3,5-8,15H2,1H3/t13-/m0/s1. The van der Waals surface area contributed by atoms with E-state index in [1.807, 2.05) is 0 Å². The van der Waals surface area contributed by atoms with E-state index in [9.17, 15) is 0 Å². The molecule has 0 bridgehead atoms. The molecule has 2 heteroatoms. The highest BCUT2D eigenvalue weighted by Gasteiger charge is 2.63. The monoisotopic (exact) mass is 214 g/mol. The van der Waals surface area contributed by atoms with Crippen molar-refractivity contribution in [3.8, 4) is 0 Å². The van der Waals surface area contributed by atoms with Crippen LogP contribution in [-0.2, 0) is 0 Å². The van der Waals surface area contributed by atoms with Gasteiger partial charge in [-0.3, -0.25) is 0 Å². The Kier molecular flexibility index (Phi) is 1.33. The van der Waals surface area contributed by atoms with Crippen LogP contribution in [0.25, 0.3) is 0 Å². The van der Waals surface area contributed by atoms with Crippen LogP contribution in [0.5, 0.6) is 0 Å². The second-order valence-electron chi connectivity index (χ2n) is 5.92. The first-order chi connectivity index (χ1) is 7.66. The second-order valence-corrected chi connectivity index (χ2v) is 5.92. The Labute approximate surface area is 96.3 Å². The number of hydrogen-bond donors (Lipinski definition) is 2. The fourth-order valence-corrected chi connectivity index (χ4v) is 4.03. The van der Waals surface area contributed by atoms with Gasteiger partial charge in [0.1, 0.15) is 0 Å². The van der Waals surface area contributed by atoms with Gasteiger partial charge in [0.25, 0.3) is 0 Å². The van der Waals surface area contributed by atoms with E-state index in [0.717, 1.165) is 12.1 Å². The van der Waals surface area contributed by atoms with Crippen molar-refractivity contribution in [3.05, 3.63) is 34.7 Å². The largest absolute Gasteiger partial charge is 0.398 e. The van der Waals surface area contributed by atoms with E-state index < -0.39 is 0 Å². The van der Waals surface area contributed by atoms with Crippen LogP contribution in [0, 0.1) is 5.41 Å². The van der Waals surface area contributed by atoms with Gasteiger partial charge < -0.3 is 11.1 Å². The topological polar surface area (TPSA) is 38.0 Å². The van der Waals surface area contributed by atoms with Gasteiger partial charge in [-0.15, -0.1) is 0 Å². The van der Waals surface area contributed by atoms with Crippen LogP contribution < -0.4 is 11.1 Å². The van der Waals surface area contributed by atoms with E-state index in [1.54, 1.807) is 0 Å². The first kappa shape index (κ1) is 8.91. The summed E-state index contributed by atoms with van der Waals surface area (Å²) >= 11 is 0. The number of fused-ring (bicyclic) bond motifs is 2. The Bertz CT molecular complexity index is 477. The smallest absolute Gasteiger partial charge is 0.0636 e. The molecule has 0 aromatic rings. The molecule has 0 radical (unpaired) electrons. The molecular weight excluding hydrogens is 196 g/mol. The molecule has 84 valence electrons. The molecule has 16 heavy (non-hydrogen) atoms. The highest BCUT2D eigenvalue weighted by atomic mass is 15.1. The average Bonchev–Trinajstić information content (AvgIpc) is 2.81. The summed E-state index contributed by atoms with van der Waals surface area (Å²) in [5.41, 5.74) is 12.3. The van der Waals surface area contributed by atoms with Crippen molar-refractivity contribution in [1.29, 1.82) is 0 Å². The summed E-state index contributed by atoms with van der Waals surface area (Å²) in [6, 6.07) is 0. The Morgan fingerprint density at radius 3 is 2.88 bits per heavy atom. The summed E-state index contributed by atoms with van der Waals surface area (Å²) in [5.74, 6) is 0. The number of allylic oxidation sites excluding steroid dienone is 3. The zero-order chi connectivity index (χ0) is 11.0. The molecule has 2 fully saturated rings. The molecule has 0 unspecified atom stereocenters. The summed E-state index contributed by atoms with van der Waals surface area (Å²) < 4.78 is 0. The summed E-state index contributed by atoms with van der Waals surface area (Å²) in [6.07, 6.45) is 10.7.